The standard InChI is InChI=1S/C13H12ClN3O/c14-11-5-2-6-12(17-11)16-8-9-3-1-4-10(7-9)13(15)18/h1-7H,8H2,(H2,15,18)(H,16,17). The first-order valence-corrected chi connectivity index (χ1v) is 5.78. The molecule has 2 aromatic rings. The predicted molar refractivity (Wildman–Crippen MR) is 71.5 cm³/mol. The summed E-state index contributed by atoms with van der Waals surface area (Å²) < 4.78 is 0. The van der Waals surface area contributed by atoms with Gasteiger partial charge in [0.1, 0.15) is 11.0 Å². The summed E-state index contributed by atoms with van der Waals surface area (Å²) in [5.74, 6) is 0.254. The Morgan fingerprint density at radius 3 is 2.78 bits per heavy atom. The van der Waals surface area contributed by atoms with E-state index >= 15 is 0 Å². The van der Waals surface area contributed by atoms with Crippen molar-refractivity contribution in [3.05, 3.63) is 58.7 Å². The Bertz CT molecular complexity index is 572. The summed E-state index contributed by atoms with van der Waals surface area (Å²) in [6.07, 6.45) is 0. The number of halogens is 1. The average Bonchev–Trinajstić information content (AvgIpc) is 2.37. The van der Waals surface area contributed by atoms with Crippen LogP contribution in [-0.4, -0.2) is 10.9 Å². The van der Waals surface area contributed by atoms with Gasteiger partial charge in [0.25, 0.3) is 0 Å². The van der Waals surface area contributed by atoms with Crippen LogP contribution in [0.1, 0.15) is 15.9 Å². The van der Waals surface area contributed by atoms with E-state index in [2.05, 4.69) is 10.3 Å². The molecule has 0 spiro atoms. The number of rotatable bonds is 4. The van der Waals surface area contributed by atoms with Gasteiger partial charge in [-0.25, -0.2) is 4.98 Å². The van der Waals surface area contributed by atoms with Gasteiger partial charge in [-0.3, -0.25) is 4.79 Å². The summed E-state index contributed by atoms with van der Waals surface area (Å²) in [5.41, 5.74) is 6.67. The lowest BCUT2D eigenvalue weighted by atomic mass is 10.1. The zero-order chi connectivity index (χ0) is 13.0. The number of amides is 1. The predicted octanol–water partition coefficient (Wildman–Crippen LogP) is 2.45. The van der Waals surface area contributed by atoms with Crippen LogP contribution in [0, 0.1) is 0 Å². The first kappa shape index (κ1) is 12.4. The molecule has 0 unspecified atom stereocenters. The second-order valence-corrected chi connectivity index (χ2v) is 4.15. The van der Waals surface area contributed by atoms with Crippen LogP contribution in [0.4, 0.5) is 5.82 Å². The van der Waals surface area contributed by atoms with Crippen LogP contribution in [0.2, 0.25) is 5.15 Å². The Kier molecular flexibility index (Phi) is 3.79. The van der Waals surface area contributed by atoms with E-state index in [0.29, 0.717) is 23.1 Å². The number of nitrogens with one attached hydrogen (secondary N) is 1. The molecule has 0 radical (unpaired) electrons. The zero-order valence-corrected chi connectivity index (χ0v) is 10.3. The molecule has 3 N–H and O–H groups in total. The number of carbonyl (C=O) groups is 1. The topological polar surface area (TPSA) is 68.0 Å². The van der Waals surface area contributed by atoms with E-state index in [4.69, 9.17) is 17.3 Å². The Balaban J connectivity index is 2.06. The summed E-state index contributed by atoms with van der Waals surface area (Å²) in [4.78, 5) is 15.2. The minimum absolute atomic E-state index is 0.433. The highest BCUT2D eigenvalue weighted by Crippen LogP contribution is 2.11. The fraction of sp³-hybridized carbons (Fsp3) is 0.0769. The molecule has 0 saturated carbocycles. The molecular weight excluding hydrogens is 250 g/mol. The van der Waals surface area contributed by atoms with Gasteiger partial charge in [0.15, 0.2) is 0 Å². The summed E-state index contributed by atoms with van der Waals surface area (Å²) in [5, 5.41) is 3.56. The van der Waals surface area contributed by atoms with Crippen molar-refractivity contribution in [3.8, 4) is 0 Å². The number of pyridine rings is 1. The lowest BCUT2D eigenvalue weighted by molar-refractivity contribution is 0.1000. The molecule has 0 bridgehead atoms. The average molecular weight is 262 g/mol. The van der Waals surface area contributed by atoms with Crippen molar-refractivity contribution >= 4 is 23.3 Å². The zero-order valence-electron chi connectivity index (χ0n) is 9.56. The van der Waals surface area contributed by atoms with Gasteiger partial charge in [-0.2, -0.15) is 0 Å². The molecule has 5 heteroatoms. The minimum Gasteiger partial charge on any atom is -0.366 e. The SMILES string of the molecule is NC(=O)c1cccc(CNc2cccc(Cl)n2)c1. The molecule has 1 amide bonds. The van der Waals surface area contributed by atoms with Crippen molar-refractivity contribution in [2.24, 2.45) is 5.73 Å². The molecule has 1 aromatic heterocycles. The van der Waals surface area contributed by atoms with Crippen LogP contribution < -0.4 is 11.1 Å². The van der Waals surface area contributed by atoms with Crippen LogP contribution in [0.5, 0.6) is 0 Å². The Hall–Kier alpha value is -2.07. The van der Waals surface area contributed by atoms with Crippen molar-refractivity contribution in [2.75, 3.05) is 5.32 Å². The highest BCUT2D eigenvalue weighted by atomic mass is 35.5. The van der Waals surface area contributed by atoms with Crippen molar-refractivity contribution < 1.29 is 4.79 Å². The van der Waals surface area contributed by atoms with Crippen molar-refractivity contribution in [2.45, 2.75) is 6.54 Å². The number of nitrogens with zero attached hydrogens (tertiary/aromatic N) is 1. The number of primary amides is 1. The Morgan fingerprint density at radius 1 is 1.28 bits per heavy atom. The summed E-state index contributed by atoms with van der Waals surface area (Å²) in [7, 11) is 0. The van der Waals surface area contributed by atoms with Gasteiger partial charge in [0.05, 0.1) is 0 Å². The van der Waals surface area contributed by atoms with E-state index < -0.39 is 5.91 Å². The smallest absolute Gasteiger partial charge is 0.248 e. The van der Waals surface area contributed by atoms with Crippen LogP contribution in [0.15, 0.2) is 42.5 Å². The van der Waals surface area contributed by atoms with Crippen molar-refractivity contribution in [1.82, 2.24) is 4.98 Å². The van der Waals surface area contributed by atoms with Crippen LogP contribution in [0.3, 0.4) is 0 Å². The molecule has 0 aliphatic heterocycles. The lowest BCUT2D eigenvalue weighted by Crippen LogP contribution is -2.11. The molecule has 4 nitrogen and oxygen atoms in total. The van der Waals surface area contributed by atoms with E-state index in [9.17, 15) is 4.79 Å². The highest BCUT2D eigenvalue weighted by Gasteiger charge is 2.01. The van der Waals surface area contributed by atoms with E-state index in [1.165, 1.54) is 0 Å². The fourth-order valence-corrected chi connectivity index (χ4v) is 1.70. The summed E-state index contributed by atoms with van der Waals surface area (Å²) in [6, 6.07) is 12.5. The summed E-state index contributed by atoms with van der Waals surface area (Å²) in [6.45, 7) is 0.550. The van der Waals surface area contributed by atoms with Gasteiger partial charge in [0.2, 0.25) is 5.91 Å². The largest absolute Gasteiger partial charge is 0.366 e. The van der Waals surface area contributed by atoms with Gasteiger partial charge in [-0.05, 0) is 29.8 Å². The van der Waals surface area contributed by atoms with Crippen LogP contribution in [0.25, 0.3) is 0 Å². The molecule has 0 aliphatic rings. The number of carbonyl (C=O) groups excluding carboxylic acids is 1. The second kappa shape index (κ2) is 5.51. The van der Waals surface area contributed by atoms with Crippen LogP contribution in [-0.2, 0) is 6.54 Å². The van der Waals surface area contributed by atoms with Gasteiger partial charge >= 0.3 is 0 Å². The molecule has 1 aromatic carbocycles. The third-order valence-electron chi connectivity index (χ3n) is 2.40. The Morgan fingerprint density at radius 2 is 2.06 bits per heavy atom. The van der Waals surface area contributed by atoms with E-state index in [-0.39, 0.29) is 0 Å². The number of aromatic nitrogens is 1. The van der Waals surface area contributed by atoms with Gasteiger partial charge in [-0.1, -0.05) is 29.8 Å². The minimum atomic E-state index is -0.433. The number of hydrogen-bond acceptors (Lipinski definition) is 3. The molecule has 0 saturated heterocycles. The number of benzene rings is 1. The monoisotopic (exact) mass is 261 g/mol. The summed E-state index contributed by atoms with van der Waals surface area (Å²) >= 11 is 5.78. The third kappa shape index (κ3) is 3.21. The molecule has 1 heterocycles. The van der Waals surface area contributed by atoms with Crippen molar-refractivity contribution in [3.63, 3.8) is 0 Å². The highest BCUT2D eigenvalue weighted by molar-refractivity contribution is 6.29. The van der Waals surface area contributed by atoms with E-state index in [1.807, 2.05) is 18.2 Å². The second-order valence-electron chi connectivity index (χ2n) is 3.76. The maximum atomic E-state index is 11.0. The van der Waals surface area contributed by atoms with Gasteiger partial charge in [-0.15, -0.1) is 0 Å². The molecule has 0 atom stereocenters. The first-order valence-electron chi connectivity index (χ1n) is 5.40. The lowest BCUT2D eigenvalue weighted by Gasteiger charge is -2.06. The quantitative estimate of drug-likeness (QED) is 0.831. The third-order valence-corrected chi connectivity index (χ3v) is 2.61. The van der Waals surface area contributed by atoms with Gasteiger partial charge < -0.3 is 11.1 Å². The maximum absolute atomic E-state index is 11.0. The maximum Gasteiger partial charge on any atom is 0.248 e. The van der Waals surface area contributed by atoms with Crippen molar-refractivity contribution in [1.29, 1.82) is 0 Å². The molecule has 0 aliphatic carbocycles. The molecule has 18 heavy (non-hydrogen) atoms. The molecule has 92 valence electrons. The van der Waals surface area contributed by atoms with Crippen LogP contribution >= 0.6 is 11.6 Å². The molecular formula is C13H12ClN3O. The van der Waals surface area contributed by atoms with Gasteiger partial charge in [0, 0.05) is 12.1 Å². The van der Waals surface area contributed by atoms with E-state index in [0.717, 1.165) is 5.56 Å². The number of hydrogen-bond donors (Lipinski definition) is 2. The fourth-order valence-electron chi connectivity index (χ4n) is 1.53. The molecule has 0 fully saturated rings. The van der Waals surface area contributed by atoms with E-state index in [1.54, 1.807) is 24.3 Å². The first-order chi connectivity index (χ1) is 8.65. The number of anilines is 1. The normalized spacial score (nSPS) is 10.1. The Labute approximate surface area is 110 Å². The number of nitrogens with two attached hydrogens (primary N) is 1. The molecule has 2 rings (SSSR count).